The predicted octanol–water partition coefficient (Wildman–Crippen LogP) is -3.15. The maximum Gasteiger partial charge on any atom is 0.326 e. The molecule has 0 aromatic heterocycles. The third kappa shape index (κ3) is 7.88. The highest BCUT2D eigenvalue weighted by atomic mass is 16.4. The minimum Gasteiger partial charge on any atom is -0.481 e. The molecule has 1 saturated heterocycles. The Balaban J connectivity index is 2.71. The normalized spacial score (nSPS) is 17.7. The van der Waals surface area contributed by atoms with Crippen LogP contribution in [0.25, 0.3) is 0 Å². The van der Waals surface area contributed by atoms with Crippen LogP contribution < -0.4 is 27.4 Å². The number of rotatable bonds is 11. The number of hydrogen-bond donors (Lipinski definition) is 7. The van der Waals surface area contributed by atoms with Crippen molar-refractivity contribution in [1.29, 1.82) is 0 Å². The lowest BCUT2D eigenvalue weighted by Crippen LogP contribution is -2.55. The van der Waals surface area contributed by atoms with Crippen LogP contribution in [0.3, 0.4) is 0 Å². The summed E-state index contributed by atoms with van der Waals surface area (Å²) >= 11 is 0. The molecule has 0 aromatic rings. The highest BCUT2D eigenvalue weighted by Gasteiger charge is 2.32. The van der Waals surface area contributed by atoms with Gasteiger partial charge in [0.1, 0.15) is 18.1 Å². The maximum atomic E-state index is 12.3. The molecular weight excluding hydrogens is 376 g/mol. The number of carbonyl (C=O) groups is 5. The van der Waals surface area contributed by atoms with E-state index >= 15 is 0 Å². The number of hydrogen-bond acceptors (Lipinski definition) is 6. The summed E-state index contributed by atoms with van der Waals surface area (Å²) in [6.07, 6.45) is -0.151. The average Bonchev–Trinajstić information content (AvgIpc) is 3.02. The molecule has 0 bridgehead atoms. The molecule has 0 saturated carbocycles. The summed E-state index contributed by atoms with van der Waals surface area (Å²) in [4.78, 5) is 61.7. The van der Waals surface area contributed by atoms with E-state index in [1.807, 2.05) is 0 Å². The first-order valence-corrected chi connectivity index (χ1v) is 8.50. The van der Waals surface area contributed by atoms with Gasteiger partial charge >= 0.3 is 11.9 Å². The van der Waals surface area contributed by atoms with Gasteiger partial charge in [-0.05, 0) is 19.3 Å². The van der Waals surface area contributed by atoms with Gasteiger partial charge in [-0.15, -0.1) is 0 Å². The van der Waals surface area contributed by atoms with Crippen molar-refractivity contribution in [3.05, 3.63) is 0 Å². The molecule has 13 heteroatoms. The van der Waals surface area contributed by atoms with Gasteiger partial charge in [-0.3, -0.25) is 24.2 Å². The topological polar surface area (TPSA) is 226 Å². The summed E-state index contributed by atoms with van der Waals surface area (Å²) in [5, 5.41) is 25.0. The molecule has 1 aliphatic heterocycles. The van der Waals surface area contributed by atoms with Gasteiger partial charge in [0.25, 0.3) is 0 Å². The Labute approximate surface area is 159 Å². The lowest BCUT2D eigenvalue weighted by Gasteiger charge is -2.21. The lowest BCUT2D eigenvalue weighted by atomic mass is 10.1. The largest absolute Gasteiger partial charge is 0.481 e. The van der Waals surface area contributed by atoms with E-state index in [-0.39, 0.29) is 44.1 Å². The quantitative estimate of drug-likeness (QED) is 0.105. The number of carboxylic acid groups (broad SMARTS) is 2. The van der Waals surface area contributed by atoms with E-state index in [0.29, 0.717) is 0 Å². The van der Waals surface area contributed by atoms with E-state index in [0.717, 1.165) is 0 Å². The Kier molecular flexibility index (Phi) is 8.65. The van der Waals surface area contributed by atoms with Crippen LogP contribution >= 0.6 is 0 Å². The second kappa shape index (κ2) is 10.7. The first kappa shape index (κ1) is 22.7. The van der Waals surface area contributed by atoms with E-state index in [4.69, 9.17) is 16.6 Å². The number of aliphatic carboxylic acids is 2. The zero-order valence-electron chi connectivity index (χ0n) is 15.0. The number of aliphatic imine (C=N–C) groups is 1. The van der Waals surface area contributed by atoms with Crippen LogP contribution in [0.1, 0.15) is 32.1 Å². The Bertz CT molecular complexity index is 661. The molecule has 1 aliphatic rings. The molecule has 0 radical (unpaired) electrons. The molecule has 1 rings (SSSR count). The lowest BCUT2D eigenvalue weighted by molar-refractivity contribution is -0.143. The minimum atomic E-state index is -1.50. The second-order valence-corrected chi connectivity index (χ2v) is 6.17. The molecular formula is C15H24N6O7. The van der Waals surface area contributed by atoms with Crippen LogP contribution in [-0.4, -0.2) is 70.5 Å². The van der Waals surface area contributed by atoms with Crippen molar-refractivity contribution in [2.24, 2.45) is 16.5 Å². The van der Waals surface area contributed by atoms with Gasteiger partial charge in [-0.2, -0.15) is 0 Å². The summed E-state index contributed by atoms with van der Waals surface area (Å²) < 4.78 is 0. The van der Waals surface area contributed by atoms with Crippen LogP contribution in [0.4, 0.5) is 0 Å². The standard InChI is InChI=1S/C15H24N6O7/c16-15(17)18-5-1-2-8(14(27)28)20-13(26)9(6-11(23)24)21-12(25)7-3-4-10(22)19-7/h7-9H,1-6H2,(H,19,22)(H,20,26)(H,21,25)(H,23,24)(H,27,28)(H4,16,17,18). The average molecular weight is 400 g/mol. The zero-order chi connectivity index (χ0) is 21.3. The maximum absolute atomic E-state index is 12.3. The van der Waals surface area contributed by atoms with E-state index in [1.165, 1.54) is 0 Å². The number of nitrogens with two attached hydrogens (primary N) is 2. The number of nitrogens with zero attached hydrogens (tertiary/aromatic N) is 1. The first-order valence-electron chi connectivity index (χ1n) is 8.50. The molecule has 3 amide bonds. The van der Waals surface area contributed by atoms with E-state index in [9.17, 15) is 29.1 Å². The fourth-order valence-corrected chi connectivity index (χ4v) is 2.50. The third-order valence-electron chi connectivity index (χ3n) is 3.88. The van der Waals surface area contributed by atoms with Gasteiger partial charge in [0.15, 0.2) is 5.96 Å². The Morgan fingerprint density at radius 2 is 1.86 bits per heavy atom. The number of carboxylic acids is 2. The molecule has 9 N–H and O–H groups in total. The Morgan fingerprint density at radius 1 is 1.18 bits per heavy atom. The molecule has 0 aromatic carbocycles. The summed E-state index contributed by atoms with van der Waals surface area (Å²) in [7, 11) is 0. The van der Waals surface area contributed by atoms with E-state index in [1.54, 1.807) is 0 Å². The highest BCUT2D eigenvalue weighted by Crippen LogP contribution is 2.08. The summed E-state index contributed by atoms with van der Waals surface area (Å²) in [5.41, 5.74) is 10.3. The van der Waals surface area contributed by atoms with Crippen molar-refractivity contribution in [2.75, 3.05) is 6.54 Å². The zero-order valence-corrected chi connectivity index (χ0v) is 15.0. The first-order chi connectivity index (χ1) is 13.1. The highest BCUT2D eigenvalue weighted by molar-refractivity contribution is 5.96. The smallest absolute Gasteiger partial charge is 0.326 e. The number of carbonyl (C=O) groups excluding carboxylic acids is 3. The Morgan fingerprint density at radius 3 is 2.36 bits per heavy atom. The van der Waals surface area contributed by atoms with Crippen molar-refractivity contribution in [2.45, 2.75) is 50.2 Å². The molecule has 13 nitrogen and oxygen atoms in total. The van der Waals surface area contributed by atoms with Crippen molar-refractivity contribution < 1.29 is 34.2 Å². The van der Waals surface area contributed by atoms with Gasteiger partial charge in [0.2, 0.25) is 17.7 Å². The third-order valence-corrected chi connectivity index (χ3v) is 3.88. The van der Waals surface area contributed by atoms with Crippen LogP contribution in [0, 0.1) is 0 Å². The minimum absolute atomic E-state index is 0.00965. The van der Waals surface area contributed by atoms with Crippen molar-refractivity contribution >= 4 is 35.6 Å². The monoisotopic (exact) mass is 400 g/mol. The van der Waals surface area contributed by atoms with Crippen molar-refractivity contribution in [3.8, 4) is 0 Å². The Hall–Kier alpha value is -3.38. The number of amides is 3. The molecule has 1 fully saturated rings. The van der Waals surface area contributed by atoms with Crippen molar-refractivity contribution in [1.82, 2.24) is 16.0 Å². The molecule has 0 aliphatic carbocycles. The van der Waals surface area contributed by atoms with Crippen LogP contribution in [0.2, 0.25) is 0 Å². The molecule has 156 valence electrons. The molecule has 28 heavy (non-hydrogen) atoms. The summed E-state index contributed by atoms with van der Waals surface area (Å²) in [5.74, 6) is -4.86. The molecule has 1 heterocycles. The van der Waals surface area contributed by atoms with Gasteiger partial charge in [-0.25, -0.2) is 4.79 Å². The van der Waals surface area contributed by atoms with Gasteiger partial charge < -0.3 is 37.6 Å². The fourth-order valence-electron chi connectivity index (χ4n) is 2.50. The molecule has 0 spiro atoms. The summed E-state index contributed by atoms with van der Waals surface area (Å²) in [6.45, 7) is 0.151. The number of guanidine groups is 1. The molecule has 3 atom stereocenters. The van der Waals surface area contributed by atoms with Crippen LogP contribution in [0.15, 0.2) is 4.99 Å². The van der Waals surface area contributed by atoms with E-state index < -0.39 is 48.3 Å². The van der Waals surface area contributed by atoms with E-state index in [2.05, 4.69) is 20.9 Å². The number of nitrogens with one attached hydrogen (secondary N) is 3. The molecule has 3 unspecified atom stereocenters. The van der Waals surface area contributed by atoms with Crippen LogP contribution in [-0.2, 0) is 24.0 Å². The van der Waals surface area contributed by atoms with Gasteiger partial charge in [0, 0.05) is 13.0 Å². The van der Waals surface area contributed by atoms with Crippen molar-refractivity contribution in [3.63, 3.8) is 0 Å². The summed E-state index contributed by atoms with van der Waals surface area (Å²) in [6, 6.07) is -3.69. The SMILES string of the molecule is NC(N)=NCCCC(NC(=O)C(CC(=O)O)NC(=O)C1CCC(=O)N1)C(=O)O. The predicted molar refractivity (Wildman–Crippen MR) is 94.8 cm³/mol. The van der Waals surface area contributed by atoms with Gasteiger partial charge in [-0.1, -0.05) is 0 Å². The van der Waals surface area contributed by atoms with Gasteiger partial charge in [0.05, 0.1) is 6.42 Å². The second-order valence-electron chi connectivity index (χ2n) is 6.17. The van der Waals surface area contributed by atoms with Crippen LogP contribution in [0.5, 0.6) is 0 Å². The fraction of sp³-hybridized carbons (Fsp3) is 0.600.